The average molecular weight is 502 g/mol. The molecule has 5 nitrogen and oxygen atoms in total. The molecule has 0 spiro atoms. The Morgan fingerprint density at radius 2 is 1.55 bits per heavy atom. The van der Waals surface area contributed by atoms with Gasteiger partial charge in [-0.05, 0) is 24.0 Å². The van der Waals surface area contributed by atoms with Crippen LogP contribution in [0.4, 0.5) is 0 Å². The minimum atomic E-state index is -0.252. The number of hydrogen-bond donors (Lipinski definition) is 1. The largest absolute Gasteiger partial charge is 0.332 e. The first-order chi connectivity index (χ1) is 15.7. The van der Waals surface area contributed by atoms with Gasteiger partial charge >= 0.3 is 0 Å². The number of thioether (sulfide) groups is 1. The van der Waals surface area contributed by atoms with Crippen molar-refractivity contribution in [2.24, 2.45) is 5.41 Å². The van der Waals surface area contributed by atoms with Crippen molar-refractivity contribution in [3.63, 3.8) is 0 Å². The third kappa shape index (κ3) is 5.45. The number of halogens is 2. The summed E-state index contributed by atoms with van der Waals surface area (Å²) in [6, 6.07) is 15.2. The Morgan fingerprint density at radius 3 is 2.15 bits per heavy atom. The van der Waals surface area contributed by atoms with Gasteiger partial charge in [-0.25, -0.2) is 4.98 Å². The molecule has 4 rings (SSSR count). The topological polar surface area (TPSA) is 66.1 Å². The van der Waals surface area contributed by atoms with Crippen LogP contribution in [-0.4, -0.2) is 39.0 Å². The Balaban J connectivity index is 1.49. The van der Waals surface area contributed by atoms with Crippen molar-refractivity contribution in [3.8, 4) is 22.5 Å². The molecule has 1 saturated heterocycles. The van der Waals surface area contributed by atoms with Crippen LogP contribution in [0.3, 0.4) is 0 Å². The fourth-order valence-electron chi connectivity index (χ4n) is 3.98. The predicted molar refractivity (Wildman–Crippen MR) is 135 cm³/mol. The number of H-pyrrole nitrogens is 1. The van der Waals surface area contributed by atoms with Gasteiger partial charge in [-0.1, -0.05) is 85.2 Å². The van der Waals surface area contributed by atoms with Crippen molar-refractivity contribution >= 4 is 46.8 Å². The number of aromatic nitrogens is 2. The van der Waals surface area contributed by atoms with Crippen molar-refractivity contribution in [1.29, 1.82) is 0 Å². The Bertz CT molecular complexity index is 1110. The number of rotatable bonds is 7. The number of carbonyl (C=O) groups is 2. The zero-order valence-electron chi connectivity index (χ0n) is 18.5. The molecular formula is C25H25Cl2N3O2S. The molecule has 1 aliphatic rings. The molecule has 172 valence electrons. The maximum absolute atomic E-state index is 12.4. The Labute approximate surface area is 207 Å². The molecule has 0 bridgehead atoms. The molecule has 33 heavy (non-hydrogen) atoms. The van der Waals surface area contributed by atoms with Gasteiger partial charge in [0, 0.05) is 41.3 Å². The van der Waals surface area contributed by atoms with Gasteiger partial charge in [0.25, 0.3) is 0 Å². The van der Waals surface area contributed by atoms with Crippen molar-refractivity contribution in [3.05, 3.63) is 58.6 Å². The van der Waals surface area contributed by atoms with Crippen molar-refractivity contribution in [1.82, 2.24) is 14.9 Å². The number of likely N-dealkylation sites (tertiary alicyclic amines) is 1. The van der Waals surface area contributed by atoms with Gasteiger partial charge in [0.1, 0.15) is 0 Å². The van der Waals surface area contributed by atoms with Crippen LogP contribution in [0.2, 0.25) is 10.0 Å². The van der Waals surface area contributed by atoms with Gasteiger partial charge in [-0.2, -0.15) is 0 Å². The van der Waals surface area contributed by atoms with Gasteiger partial charge in [0.2, 0.25) is 11.8 Å². The number of carbonyl (C=O) groups excluding carboxylic acids is 2. The zero-order valence-corrected chi connectivity index (χ0v) is 20.9. The maximum Gasteiger partial charge on any atom is 0.229 e. The number of nitrogens with one attached hydrogen (secondary N) is 1. The molecule has 0 saturated carbocycles. The minimum Gasteiger partial charge on any atom is -0.332 e. The lowest BCUT2D eigenvalue weighted by Gasteiger charge is -2.34. The standard InChI is InChI=1S/C25H25Cl2N3O2S/c1-25(2)14-20(31)30(21(32)15-25)12-7-13-33-24-28-22(16-8-3-5-10-18(16)26)23(29-24)17-9-4-6-11-19(17)27/h3-6,8-11H,7,12-15H2,1-2H3,(H,28,29). The van der Waals surface area contributed by atoms with E-state index in [-0.39, 0.29) is 17.2 Å². The predicted octanol–water partition coefficient (Wildman–Crippen LogP) is 6.71. The highest BCUT2D eigenvalue weighted by Crippen LogP contribution is 2.38. The number of hydrogen-bond acceptors (Lipinski definition) is 4. The van der Waals surface area contributed by atoms with Crippen LogP contribution in [0.1, 0.15) is 33.1 Å². The number of nitrogens with zero attached hydrogens (tertiary/aromatic N) is 2. The summed E-state index contributed by atoms with van der Waals surface area (Å²) in [7, 11) is 0. The van der Waals surface area contributed by atoms with Gasteiger partial charge in [-0.15, -0.1) is 0 Å². The summed E-state index contributed by atoms with van der Waals surface area (Å²) in [4.78, 5) is 34.3. The van der Waals surface area contributed by atoms with Gasteiger partial charge in [0.05, 0.1) is 16.4 Å². The number of piperidine rings is 1. The molecule has 1 aromatic heterocycles. The molecule has 0 radical (unpaired) electrons. The van der Waals surface area contributed by atoms with Crippen molar-refractivity contribution in [2.75, 3.05) is 12.3 Å². The van der Waals surface area contributed by atoms with Crippen molar-refractivity contribution in [2.45, 2.75) is 38.3 Å². The van der Waals surface area contributed by atoms with E-state index in [1.54, 1.807) is 11.8 Å². The first-order valence-corrected chi connectivity index (χ1v) is 12.6. The first kappa shape index (κ1) is 23.9. The SMILES string of the molecule is CC1(C)CC(=O)N(CCCSc2nc(-c3ccccc3Cl)c(-c3ccccc3Cl)[nH]2)C(=O)C1. The second-order valence-electron chi connectivity index (χ2n) is 8.88. The van der Waals surface area contributed by atoms with E-state index < -0.39 is 0 Å². The number of aromatic amines is 1. The van der Waals surface area contributed by atoms with E-state index in [1.807, 2.05) is 62.4 Å². The molecule has 3 aromatic rings. The van der Waals surface area contributed by atoms with E-state index in [4.69, 9.17) is 28.2 Å². The van der Waals surface area contributed by atoms with Crippen LogP contribution >= 0.6 is 35.0 Å². The summed E-state index contributed by atoms with van der Waals surface area (Å²) >= 11 is 14.5. The van der Waals surface area contributed by atoms with E-state index in [9.17, 15) is 9.59 Å². The third-order valence-corrected chi connectivity index (χ3v) is 7.20. The second-order valence-corrected chi connectivity index (χ2v) is 10.8. The third-order valence-electron chi connectivity index (χ3n) is 5.58. The lowest BCUT2D eigenvalue weighted by atomic mass is 9.82. The fourth-order valence-corrected chi connectivity index (χ4v) is 5.23. The summed E-state index contributed by atoms with van der Waals surface area (Å²) in [6.45, 7) is 4.34. The summed E-state index contributed by atoms with van der Waals surface area (Å²) in [6.07, 6.45) is 1.51. The summed E-state index contributed by atoms with van der Waals surface area (Å²) in [5.41, 5.74) is 2.96. The highest BCUT2D eigenvalue weighted by Gasteiger charge is 2.36. The highest BCUT2D eigenvalue weighted by atomic mass is 35.5. The molecule has 2 aromatic carbocycles. The first-order valence-electron chi connectivity index (χ1n) is 10.8. The second kappa shape index (κ2) is 9.92. The van der Waals surface area contributed by atoms with Crippen LogP contribution in [0.15, 0.2) is 53.7 Å². The zero-order chi connectivity index (χ0) is 23.6. The quantitative estimate of drug-likeness (QED) is 0.222. The van der Waals surface area contributed by atoms with E-state index in [2.05, 4.69) is 4.98 Å². The van der Waals surface area contributed by atoms with Crippen molar-refractivity contribution < 1.29 is 9.59 Å². The normalized spacial score (nSPS) is 15.8. The Kier molecular flexibility index (Phi) is 7.17. The molecule has 1 fully saturated rings. The summed E-state index contributed by atoms with van der Waals surface area (Å²) < 4.78 is 0. The van der Waals surface area contributed by atoms with E-state index in [0.717, 1.165) is 27.7 Å². The monoisotopic (exact) mass is 501 g/mol. The van der Waals surface area contributed by atoms with E-state index in [1.165, 1.54) is 4.90 Å². The molecule has 1 N–H and O–H groups in total. The van der Waals surface area contributed by atoms with Gasteiger partial charge in [-0.3, -0.25) is 14.5 Å². The smallest absolute Gasteiger partial charge is 0.229 e. The molecule has 0 aliphatic carbocycles. The number of imidazole rings is 1. The molecule has 1 aliphatic heterocycles. The van der Waals surface area contributed by atoms with E-state index >= 15 is 0 Å². The summed E-state index contributed by atoms with van der Waals surface area (Å²) in [5.74, 6) is 0.542. The molecule has 2 heterocycles. The van der Waals surface area contributed by atoms with Crippen LogP contribution < -0.4 is 0 Å². The average Bonchev–Trinajstić information content (AvgIpc) is 3.16. The van der Waals surface area contributed by atoms with Crippen LogP contribution in [0.25, 0.3) is 22.5 Å². The number of imide groups is 1. The number of benzene rings is 2. The molecular weight excluding hydrogens is 477 g/mol. The lowest BCUT2D eigenvalue weighted by Crippen LogP contribution is -2.46. The molecule has 2 amide bonds. The fraction of sp³-hybridized carbons (Fsp3) is 0.320. The minimum absolute atomic E-state index is 0.0822. The molecule has 0 unspecified atom stereocenters. The summed E-state index contributed by atoms with van der Waals surface area (Å²) in [5, 5.41) is 1.97. The molecule has 8 heteroatoms. The highest BCUT2D eigenvalue weighted by molar-refractivity contribution is 7.99. The van der Waals surface area contributed by atoms with Gasteiger partial charge < -0.3 is 4.98 Å². The van der Waals surface area contributed by atoms with E-state index in [0.29, 0.717) is 41.6 Å². The van der Waals surface area contributed by atoms with Crippen LogP contribution in [0.5, 0.6) is 0 Å². The molecule has 0 atom stereocenters. The van der Waals surface area contributed by atoms with Crippen LogP contribution in [0, 0.1) is 5.41 Å². The Morgan fingerprint density at radius 1 is 0.970 bits per heavy atom. The lowest BCUT2D eigenvalue weighted by molar-refractivity contribution is -0.152. The van der Waals surface area contributed by atoms with Gasteiger partial charge in [0.15, 0.2) is 5.16 Å². The maximum atomic E-state index is 12.4. The number of amides is 2. The van der Waals surface area contributed by atoms with Crippen LogP contribution in [-0.2, 0) is 9.59 Å². The Hall–Kier alpha value is -2.28.